The second kappa shape index (κ2) is 2.37. The van der Waals surface area contributed by atoms with Crippen LogP contribution in [0.5, 0.6) is 0 Å². The SMILES string of the molecule is COS(C)(C)I. The zero-order valence-corrected chi connectivity index (χ0v) is 7.17. The summed E-state index contributed by atoms with van der Waals surface area (Å²) in [5.41, 5.74) is 0. The average molecular weight is 220 g/mol. The summed E-state index contributed by atoms with van der Waals surface area (Å²) in [7, 11) is 1.05. The molecule has 0 aromatic heterocycles. The van der Waals surface area contributed by atoms with Crippen LogP contribution in [0.1, 0.15) is 0 Å². The van der Waals surface area contributed by atoms with Gasteiger partial charge in [0.05, 0.1) is 0 Å². The molecule has 0 saturated carbocycles. The minimum absolute atomic E-state index is 0.692. The van der Waals surface area contributed by atoms with E-state index in [9.17, 15) is 0 Å². The summed E-state index contributed by atoms with van der Waals surface area (Å²) in [4.78, 5) is 0. The van der Waals surface area contributed by atoms with E-state index >= 15 is 0 Å². The van der Waals surface area contributed by atoms with Gasteiger partial charge in [0, 0.05) is 28.3 Å². The maximum Gasteiger partial charge on any atom is 0.0491 e. The Hall–Kier alpha value is 1.04. The number of rotatable bonds is 1. The highest BCUT2D eigenvalue weighted by molar-refractivity contribution is 14.2. The molecular weight excluding hydrogens is 211 g/mol. The van der Waals surface area contributed by atoms with Gasteiger partial charge < -0.3 is 4.18 Å². The number of hydrogen-bond donors (Lipinski definition) is 0. The molecule has 0 saturated heterocycles. The van der Waals surface area contributed by atoms with E-state index in [0.717, 1.165) is 0 Å². The third kappa shape index (κ3) is 5.04. The smallest absolute Gasteiger partial charge is 0.0491 e. The van der Waals surface area contributed by atoms with Crippen molar-refractivity contribution in [1.29, 1.82) is 0 Å². The summed E-state index contributed by atoms with van der Waals surface area (Å²) >= 11 is 2.30. The van der Waals surface area contributed by atoms with Crippen molar-refractivity contribution in [3.05, 3.63) is 0 Å². The summed E-state index contributed by atoms with van der Waals surface area (Å²) < 4.78 is 5.01. The minimum Gasteiger partial charge on any atom is -0.331 e. The van der Waals surface area contributed by atoms with Gasteiger partial charge in [0.25, 0.3) is 0 Å². The molecule has 3 heteroatoms. The molecule has 0 aromatic carbocycles. The first kappa shape index (κ1) is 7.04. The average Bonchev–Trinajstić information content (AvgIpc) is 1.35. The highest BCUT2D eigenvalue weighted by Gasteiger charge is 1.98. The fourth-order valence-electron chi connectivity index (χ4n) is 0. The molecule has 0 aliphatic carbocycles. The third-order valence-corrected chi connectivity index (χ3v) is 2.27. The Labute approximate surface area is 52.6 Å². The zero-order chi connectivity index (χ0) is 5.21. The summed E-state index contributed by atoms with van der Waals surface area (Å²) in [5.74, 6) is 0. The summed E-state index contributed by atoms with van der Waals surface area (Å²) in [6.45, 7) is 0. The van der Waals surface area contributed by atoms with Gasteiger partial charge in [0.15, 0.2) is 0 Å². The topological polar surface area (TPSA) is 9.23 Å². The lowest BCUT2D eigenvalue weighted by molar-refractivity contribution is 0.482. The number of halogens is 1. The predicted octanol–water partition coefficient (Wildman–Crippen LogP) is 1.96. The lowest BCUT2D eigenvalue weighted by Gasteiger charge is -2.18. The predicted molar refractivity (Wildman–Crippen MR) is 40.5 cm³/mol. The maximum absolute atomic E-state index is 5.01. The molecule has 0 fully saturated rings. The van der Waals surface area contributed by atoms with Crippen LogP contribution in [-0.2, 0) is 4.18 Å². The van der Waals surface area contributed by atoms with Crippen LogP contribution < -0.4 is 0 Å². The molecule has 0 aliphatic rings. The Balaban J connectivity index is 3.17. The van der Waals surface area contributed by atoms with Gasteiger partial charge >= 0.3 is 0 Å². The van der Waals surface area contributed by atoms with Crippen molar-refractivity contribution < 1.29 is 4.18 Å². The molecular formula is C3H9IOS. The normalized spacial score (nSPS) is 14.7. The first-order valence-electron chi connectivity index (χ1n) is 1.55. The van der Waals surface area contributed by atoms with Gasteiger partial charge in [-0.1, -0.05) is 7.48 Å². The molecule has 0 heterocycles. The fourth-order valence-corrected chi connectivity index (χ4v) is 0. The van der Waals surface area contributed by atoms with E-state index in [4.69, 9.17) is 4.18 Å². The summed E-state index contributed by atoms with van der Waals surface area (Å²) in [6, 6.07) is 0. The van der Waals surface area contributed by atoms with E-state index in [1.807, 2.05) is 0 Å². The fraction of sp³-hybridized carbons (Fsp3) is 1.00. The van der Waals surface area contributed by atoms with Gasteiger partial charge in [0.2, 0.25) is 0 Å². The second-order valence-electron chi connectivity index (χ2n) is 1.28. The Morgan fingerprint density at radius 1 is 1.50 bits per heavy atom. The summed E-state index contributed by atoms with van der Waals surface area (Å²) in [5, 5.41) is 0. The molecule has 0 aliphatic heterocycles. The summed E-state index contributed by atoms with van der Waals surface area (Å²) in [6.07, 6.45) is 4.18. The first-order valence-corrected chi connectivity index (χ1v) is 6.46. The van der Waals surface area contributed by atoms with Gasteiger partial charge in [-0.05, 0) is 12.5 Å². The standard InChI is InChI=1S/C3H9IOS/c1-5-6(2,3)4/h1-3H3. The first-order chi connectivity index (χ1) is 2.56. The van der Waals surface area contributed by atoms with E-state index in [2.05, 4.69) is 33.7 Å². The third-order valence-electron chi connectivity index (χ3n) is 0.396. The molecule has 0 atom stereocenters. The molecule has 1 nitrogen and oxygen atoms in total. The van der Waals surface area contributed by atoms with E-state index in [1.165, 1.54) is 0 Å². The molecule has 0 unspecified atom stereocenters. The van der Waals surface area contributed by atoms with Crippen LogP contribution in [0.25, 0.3) is 0 Å². The van der Waals surface area contributed by atoms with Crippen LogP contribution in [0, 0.1) is 0 Å². The molecule has 0 amide bonds. The Morgan fingerprint density at radius 3 is 1.67 bits per heavy atom. The maximum atomic E-state index is 5.01. The molecule has 0 bridgehead atoms. The molecule has 0 aromatic rings. The van der Waals surface area contributed by atoms with Gasteiger partial charge in [-0.2, -0.15) is 0 Å². The van der Waals surface area contributed by atoms with Crippen molar-refractivity contribution in [3.63, 3.8) is 0 Å². The lowest BCUT2D eigenvalue weighted by atomic mass is 11.8. The Morgan fingerprint density at radius 2 is 1.67 bits per heavy atom. The molecule has 0 rings (SSSR count). The van der Waals surface area contributed by atoms with Crippen molar-refractivity contribution in [2.24, 2.45) is 0 Å². The van der Waals surface area contributed by atoms with Gasteiger partial charge in [-0.25, -0.2) is 0 Å². The monoisotopic (exact) mass is 220 g/mol. The van der Waals surface area contributed by atoms with Crippen molar-refractivity contribution in [2.75, 3.05) is 19.6 Å². The van der Waals surface area contributed by atoms with Crippen LogP contribution in [0.15, 0.2) is 0 Å². The highest BCUT2D eigenvalue weighted by Crippen LogP contribution is 2.48. The largest absolute Gasteiger partial charge is 0.331 e. The lowest BCUT2D eigenvalue weighted by Crippen LogP contribution is -1.83. The molecule has 40 valence electrons. The highest BCUT2D eigenvalue weighted by atomic mass is 127. The van der Waals surface area contributed by atoms with Gasteiger partial charge in [0.1, 0.15) is 0 Å². The molecule has 6 heavy (non-hydrogen) atoms. The second-order valence-corrected chi connectivity index (χ2v) is 10.2. The van der Waals surface area contributed by atoms with Crippen molar-refractivity contribution in [3.8, 4) is 0 Å². The molecule has 0 N–H and O–H groups in total. The van der Waals surface area contributed by atoms with Crippen molar-refractivity contribution >= 4 is 28.7 Å². The van der Waals surface area contributed by atoms with E-state index in [-0.39, 0.29) is 0 Å². The van der Waals surface area contributed by atoms with Crippen LogP contribution in [0.2, 0.25) is 0 Å². The van der Waals surface area contributed by atoms with E-state index in [1.54, 1.807) is 7.11 Å². The quantitative estimate of drug-likeness (QED) is 0.614. The minimum atomic E-state index is -0.692. The van der Waals surface area contributed by atoms with Crippen LogP contribution >= 0.6 is 28.7 Å². The molecule has 0 radical (unpaired) electrons. The van der Waals surface area contributed by atoms with Gasteiger partial charge in [-0.15, -0.1) is 0 Å². The van der Waals surface area contributed by atoms with Crippen molar-refractivity contribution in [2.45, 2.75) is 0 Å². The van der Waals surface area contributed by atoms with Gasteiger partial charge in [-0.3, -0.25) is 0 Å². The molecule has 0 spiro atoms. The zero-order valence-electron chi connectivity index (χ0n) is 4.19. The Bertz CT molecular complexity index is 40.5. The van der Waals surface area contributed by atoms with E-state index in [0.29, 0.717) is 0 Å². The Kier molecular flexibility index (Phi) is 2.78. The van der Waals surface area contributed by atoms with Crippen LogP contribution in [0.4, 0.5) is 0 Å². The van der Waals surface area contributed by atoms with Crippen LogP contribution in [-0.4, -0.2) is 19.6 Å². The number of hydrogen-bond acceptors (Lipinski definition) is 1. The van der Waals surface area contributed by atoms with Crippen LogP contribution in [0.3, 0.4) is 0 Å². The van der Waals surface area contributed by atoms with Crippen molar-refractivity contribution in [1.82, 2.24) is 0 Å². The van der Waals surface area contributed by atoms with E-state index < -0.39 is 7.48 Å².